The van der Waals surface area contributed by atoms with Crippen molar-refractivity contribution < 1.29 is 19.2 Å². The zero-order valence-corrected chi connectivity index (χ0v) is 19.2. The van der Waals surface area contributed by atoms with Gasteiger partial charge in [0.15, 0.2) is 5.78 Å². The number of hydrazine groups is 1. The van der Waals surface area contributed by atoms with E-state index in [1.54, 1.807) is 48.5 Å². The Morgan fingerprint density at radius 2 is 1.74 bits per heavy atom. The lowest BCUT2D eigenvalue weighted by Gasteiger charge is -2.28. The molecule has 9 nitrogen and oxygen atoms in total. The number of nitrogens with one attached hydrogen (secondary N) is 2. The number of nitrogen functional groups attached to an aromatic ring is 1. The monoisotopic (exact) mass is 463 g/mol. The molecule has 4 rings (SSSR count). The molecule has 9 heteroatoms. The third-order valence-electron chi connectivity index (χ3n) is 6.17. The number of Topliss-reactive ketones (excluding diaryl/α,β-unsaturated/α-hetero) is 1. The van der Waals surface area contributed by atoms with Gasteiger partial charge in [-0.15, -0.1) is 0 Å². The van der Waals surface area contributed by atoms with Crippen LogP contribution in [-0.2, 0) is 9.59 Å². The SMILES string of the molecule is CC(C)C[C@H](NC(=O)c1ccc(N)cc1)C(=O)N1NCC2[C@H]1C(=O)CN2C(=O)c1ccccc1. The van der Waals surface area contributed by atoms with Gasteiger partial charge in [-0.1, -0.05) is 32.0 Å². The van der Waals surface area contributed by atoms with Crippen molar-refractivity contribution in [1.29, 1.82) is 0 Å². The minimum atomic E-state index is -0.831. The van der Waals surface area contributed by atoms with Gasteiger partial charge in [0.25, 0.3) is 17.7 Å². The first-order valence-electron chi connectivity index (χ1n) is 11.4. The van der Waals surface area contributed by atoms with Gasteiger partial charge in [-0.2, -0.15) is 0 Å². The van der Waals surface area contributed by atoms with E-state index in [9.17, 15) is 19.2 Å². The number of ketones is 1. The van der Waals surface area contributed by atoms with Crippen molar-refractivity contribution in [2.75, 3.05) is 18.8 Å². The van der Waals surface area contributed by atoms with Crippen LogP contribution in [0.3, 0.4) is 0 Å². The quantitative estimate of drug-likeness (QED) is 0.554. The molecular formula is C25H29N5O4. The highest BCUT2D eigenvalue weighted by molar-refractivity contribution is 6.03. The van der Waals surface area contributed by atoms with Crippen LogP contribution in [-0.4, -0.2) is 64.6 Å². The maximum Gasteiger partial charge on any atom is 0.260 e. The number of fused-ring (bicyclic) bond motifs is 1. The van der Waals surface area contributed by atoms with Crippen LogP contribution in [0.2, 0.25) is 0 Å². The van der Waals surface area contributed by atoms with Gasteiger partial charge in [0.05, 0.1) is 12.6 Å². The lowest BCUT2D eigenvalue weighted by atomic mass is 10.0. The lowest BCUT2D eigenvalue weighted by Crippen LogP contribution is -2.55. The highest BCUT2D eigenvalue weighted by Crippen LogP contribution is 2.27. The van der Waals surface area contributed by atoms with Gasteiger partial charge in [-0.05, 0) is 48.7 Å². The molecule has 2 saturated heterocycles. The predicted molar refractivity (Wildman–Crippen MR) is 126 cm³/mol. The first-order chi connectivity index (χ1) is 16.3. The number of likely N-dealkylation sites (tertiary alicyclic amines) is 1. The maximum absolute atomic E-state index is 13.5. The average Bonchev–Trinajstić information content (AvgIpc) is 3.39. The highest BCUT2D eigenvalue weighted by Gasteiger charge is 2.52. The van der Waals surface area contributed by atoms with Gasteiger partial charge in [-0.3, -0.25) is 24.2 Å². The van der Waals surface area contributed by atoms with Crippen molar-refractivity contribution in [2.45, 2.75) is 38.4 Å². The third-order valence-corrected chi connectivity index (χ3v) is 6.17. The van der Waals surface area contributed by atoms with Gasteiger partial charge in [0.2, 0.25) is 0 Å². The van der Waals surface area contributed by atoms with Crippen LogP contribution in [0.15, 0.2) is 54.6 Å². The summed E-state index contributed by atoms with van der Waals surface area (Å²) in [5, 5.41) is 4.12. The minimum Gasteiger partial charge on any atom is -0.399 e. The number of nitrogens with zero attached hydrogens (tertiary/aromatic N) is 2. The van der Waals surface area contributed by atoms with Gasteiger partial charge < -0.3 is 16.0 Å². The van der Waals surface area contributed by atoms with Crippen LogP contribution in [0.5, 0.6) is 0 Å². The number of carbonyl (C=O) groups excluding carboxylic acids is 4. The third kappa shape index (κ3) is 4.65. The summed E-state index contributed by atoms with van der Waals surface area (Å²) in [6.45, 7) is 4.13. The minimum absolute atomic E-state index is 0.0544. The molecule has 0 radical (unpaired) electrons. The van der Waals surface area contributed by atoms with Crippen molar-refractivity contribution in [1.82, 2.24) is 20.7 Å². The maximum atomic E-state index is 13.5. The van der Waals surface area contributed by atoms with Crippen LogP contribution in [0.4, 0.5) is 5.69 Å². The summed E-state index contributed by atoms with van der Waals surface area (Å²) in [6, 6.07) is 13.1. The molecule has 0 aliphatic carbocycles. The van der Waals surface area contributed by atoms with Crippen LogP contribution in [0.1, 0.15) is 41.0 Å². The Kier molecular flexibility index (Phi) is 6.65. The van der Waals surface area contributed by atoms with Crippen LogP contribution in [0, 0.1) is 5.92 Å². The van der Waals surface area contributed by atoms with E-state index in [1.807, 2.05) is 19.9 Å². The van der Waals surface area contributed by atoms with Crippen LogP contribution in [0.25, 0.3) is 0 Å². The molecule has 34 heavy (non-hydrogen) atoms. The molecule has 178 valence electrons. The summed E-state index contributed by atoms with van der Waals surface area (Å²) in [4.78, 5) is 53.7. The molecule has 2 aromatic carbocycles. The Bertz CT molecular complexity index is 1090. The summed E-state index contributed by atoms with van der Waals surface area (Å²) >= 11 is 0. The van der Waals surface area contributed by atoms with Crippen LogP contribution >= 0.6 is 0 Å². The summed E-state index contributed by atoms with van der Waals surface area (Å²) < 4.78 is 0. The van der Waals surface area contributed by atoms with E-state index >= 15 is 0 Å². The zero-order chi connectivity index (χ0) is 24.4. The molecule has 0 aromatic heterocycles. The van der Waals surface area contributed by atoms with E-state index in [1.165, 1.54) is 9.91 Å². The van der Waals surface area contributed by atoms with Gasteiger partial charge in [0.1, 0.15) is 12.1 Å². The van der Waals surface area contributed by atoms with E-state index in [-0.39, 0.29) is 30.7 Å². The summed E-state index contributed by atoms with van der Waals surface area (Å²) in [5.41, 5.74) is 10.1. The molecule has 3 amide bonds. The molecule has 2 fully saturated rings. The predicted octanol–water partition coefficient (Wildman–Crippen LogP) is 1.22. The molecular weight excluding hydrogens is 434 g/mol. The van der Waals surface area contributed by atoms with Gasteiger partial charge in [0, 0.05) is 23.4 Å². The van der Waals surface area contributed by atoms with E-state index in [4.69, 9.17) is 5.73 Å². The zero-order valence-electron chi connectivity index (χ0n) is 19.2. The lowest BCUT2D eigenvalue weighted by molar-refractivity contribution is -0.141. The molecule has 4 N–H and O–H groups in total. The fourth-order valence-electron chi connectivity index (χ4n) is 4.51. The highest BCUT2D eigenvalue weighted by atomic mass is 16.2. The Hall–Kier alpha value is -3.72. The molecule has 0 bridgehead atoms. The van der Waals surface area contributed by atoms with Crippen molar-refractivity contribution in [3.05, 3.63) is 65.7 Å². The number of hydrogen-bond acceptors (Lipinski definition) is 6. The summed E-state index contributed by atoms with van der Waals surface area (Å²) in [6.07, 6.45) is 0.399. The second-order valence-electron chi connectivity index (χ2n) is 9.13. The van der Waals surface area contributed by atoms with Gasteiger partial charge >= 0.3 is 0 Å². The molecule has 2 heterocycles. The molecule has 0 saturated carbocycles. The van der Waals surface area contributed by atoms with E-state index in [0.29, 0.717) is 23.2 Å². The number of hydrogen-bond donors (Lipinski definition) is 3. The molecule has 2 aliphatic rings. The standard InChI is InChI=1S/C25H29N5O4/c1-15(2)12-19(28-23(32)16-8-10-18(26)11-9-16)25(34)30-22-20(13-27-30)29(14-21(22)31)24(33)17-6-4-3-5-7-17/h3-11,15,19-20,22,27H,12-14,26H2,1-2H3,(H,28,32)/t19-,20?,22-/m0/s1. The fraction of sp³-hybridized carbons (Fsp3) is 0.360. The van der Waals surface area contributed by atoms with Crippen molar-refractivity contribution in [3.8, 4) is 0 Å². The Morgan fingerprint density at radius 3 is 2.38 bits per heavy atom. The van der Waals surface area contributed by atoms with Crippen molar-refractivity contribution >= 4 is 29.2 Å². The fourth-order valence-corrected chi connectivity index (χ4v) is 4.51. The molecule has 3 atom stereocenters. The van der Waals surface area contributed by atoms with Crippen molar-refractivity contribution in [3.63, 3.8) is 0 Å². The molecule has 0 spiro atoms. The average molecular weight is 464 g/mol. The first-order valence-corrected chi connectivity index (χ1v) is 11.4. The number of carbonyl (C=O) groups is 4. The van der Waals surface area contributed by atoms with E-state index in [2.05, 4.69) is 10.7 Å². The Labute approximate surface area is 198 Å². The van der Waals surface area contributed by atoms with E-state index < -0.39 is 29.9 Å². The van der Waals surface area contributed by atoms with Gasteiger partial charge in [-0.25, -0.2) is 5.43 Å². The topological polar surface area (TPSA) is 125 Å². The smallest absolute Gasteiger partial charge is 0.260 e. The summed E-state index contributed by atoms with van der Waals surface area (Å²) in [7, 11) is 0. The second-order valence-corrected chi connectivity index (χ2v) is 9.13. The molecule has 1 unspecified atom stereocenters. The Morgan fingerprint density at radius 1 is 1.06 bits per heavy atom. The first kappa shape index (κ1) is 23.4. The number of anilines is 1. The normalized spacial score (nSPS) is 20.4. The number of amides is 3. The molecule has 2 aromatic rings. The molecule has 2 aliphatic heterocycles. The number of nitrogens with two attached hydrogens (primary N) is 1. The van der Waals surface area contributed by atoms with E-state index in [0.717, 1.165) is 0 Å². The number of rotatable bonds is 6. The summed E-state index contributed by atoms with van der Waals surface area (Å²) in [5.74, 6) is -1.12. The van der Waals surface area contributed by atoms with Crippen molar-refractivity contribution in [2.24, 2.45) is 5.92 Å². The van der Waals surface area contributed by atoms with Crippen LogP contribution < -0.4 is 16.5 Å². The Balaban J connectivity index is 1.51. The largest absolute Gasteiger partial charge is 0.399 e. The second kappa shape index (κ2) is 9.64. The number of benzene rings is 2.